The maximum atomic E-state index is 5.74. The van der Waals surface area contributed by atoms with E-state index in [1.807, 2.05) is 6.07 Å². The van der Waals surface area contributed by atoms with Crippen LogP contribution in [0.25, 0.3) is 0 Å². The zero-order valence-corrected chi connectivity index (χ0v) is 15.5. The Labute approximate surface area is 145 Å². The highest BCUT2D eigenvalue weighted by molar-refractivity contribution is 5.51. The molecule has 1 fully saturated rings. The summed E-state index contributed by atoms with van der Waals surface area (Å²) < 4.78 is 17.0. The third-order valence-corrected chi connectivity index (χ3v) is 5.27. The van der Waals surface area contributed by atoms with Crippen molar-refractivity contribution in [3.8, 4) is 17.2 Å². The van der Waals surface area contributed by atoms with Gasteiger partial charge in [0.05, 0.1) is 7.11 Å². The summed E-state index contributed by atoms with van der Waals surface area (Å²) in [6.45, 7) is 8.96. The molecule has 2 aliphatic heterocycles. The van der Waals surface area contributed by atoms with Crippen molar-refractivity contribution in [1.82, 2.24) is 9.80 Å². The normalized spacial score (nSPS) is 24.0. The van der Waals surface area contributed by atoms with Crippen LogP contribution in [-0.4, -0.2) is 63.4 Å². The highest BCUT2D eigenvalue weighted by Gasteiger charge is 2.36. The first-order valence-electron chi connectivity index (χ1n) is 8.85. The second-order valence-corrected chi connectivity index (χ2v) is 7.44. The van der Waals surface area contributed by atoms with E-state index in [2.05, 4.69) is 43.8 Å². The van der Waals surface area contributed by atoms with Gasteiger partial charge in [-0.2, -0.15) is 0 Å². The number of likely N-dealkylation sites (N-methyl/N-ethyl adjacent to an activating group) is 1. The lowest BCUT2D eigenvalue weighted by molar-refractivity contribution is 0.170. The molecule has 0 aromatic heterocycles. The molecule has 0 N–H and O–H groups in total. The topological polar surface area (TPSA) is 34.2 Å². The van der Waals surface area contributed by atoms with Crippen LogP contribution in [0.1, 0.15) is 19.4 Å². The first kappa shape index (κ1) is 17.4. The Morgan fingerprint density at radius 2 is 1.83 bits per heavy atom. The number of hydrogen-bond acceptors (Lipinski definition) is 5. The molecule has 0 bridgehead atoms. The summed E-state index contributed by atoms with van der Waals surface area (Å²) in [6.07, 6.45) is 0. The van der Waals surface area contributed by atoms with E-state index < -0.39 is 0 Å². The largest absolute Gasteiger partial charge is 0.496 e. The van der Waals surface area contributed by atoms with E-state index in [0.29, 0.717) is 31.1 Å². The fourth-order valence-corrected chi connectivity index (χ4v) is 3.89. The van der Waals surface area contributed by atoms with E-state index in [1.165, 1.54) is 5.56 Å². The molecule has 0 saturated carbocycles. The molecule has 5 heteroatoms. The van der Waals surface area contributed by atoms with Crippen LogP contribution in [0.2, 0.25) is 0 Å². The molecule has 0 aliphatic carbocycles. The third kappa shape index (κ3) is 3.47. The van der Waals surface area contributed by atoms with E-state index in [0.717, 1.165) is 36.9 Å². The molecule has 2 heterocycles. The summed E-state index contributed by atoms with van der Waals surface area (Å²) in [6, 6.07) is 4.65. The fraction of sp³-hybridized carbons (Fsp3) is 0.684. The Morgan fingerprint density at radius 1 is 1.17 bits per heavy atom. The molecule has 1 aromatic carbocycles. The van der Waals surface area contributed by atoms with E-state index in [-0.39, 0.29) is 0 Å². The molecule has 0 amide bonds. The second-order valence-electron chi connectivity index (χ2n) is 7.44. The Kier molecular flexibility index (Phi) is 5.21. The van der Waals surface area contributed by atoms with Gasteiger partial charge in [0.25, 0.3) is 0 Å². The standard InChI is InChI=1S/C19H30N2O3/c1-13(2)15-11-21(12-16(15)20(3)4)10-14-8-18-19(9-17(14)22-5)24-7-6-23-18/h8-9,13,15-16H,6-7,10-12H2,1-5H3. The highest BCUT2D eigenvalue weighted by atomic mass is 16.6. The molecule has 5 nitrogen and oxygen atoms in total. The molecule has 134 valence electrons. The third-order valence-electron chi connectivity index (χ3n) is 5.27. The Bertz CT molecular complexity index is 558. The van der Waals surface area contributed by atoms with Crippen LogP contribution in [0, 0.1) is 11.8 Å². The SMILES string of the molecule is COc1cc2c(cc1CN1CC(C(C)C)C(N(C)C)C1)OCCO2. The van der Waals surface area contributed by atoms with Crippen LogP contribution in [0.4, 0.5) is 0 Å². The molecular weight excluding hydrogens is 304 g/mol. The van der Waals surface area contributed by atoms with Gasteiger partial charge in [-0.1, -0.05) is 13.8 Å². The zero-order valence-electron chi connectivity index (χ0n) is 15.5. The number of fused-ring (bicyclic) bond motifs is 1. The van der Waals surface area contributed by atoms with Crippen LogP contribution >= 0.6 is 0 Å². The van der Waals surface area contributed by atoms with Crippen LogP contribution in [-0.2, 0) is 6.54 Å². The van der Waals surface area contributed by atoms with Crippen molar-refractivity contribution in [2.45, 2.75) is 26.4 Å². The number of benzene rings is 1. The van der Waals surface area contributed by atoms with Gasteiger partial charge in [0.1, 0.15) is 19.0 Å². The minimum Gasteiger partial charge on any atom is -0.496 e. The van der Waals surface area contributed by atoms with E-state index in [1.54, 1.807) is 7.11 Å². The van der Waals surface area contributed by atoms with E-state index in [9.17, 15) is 0 Å². The van der Waals surface area contributed by atoms with Crippen molar-refractivity contribution in [3.63, 3.8) is 0 Å². The molecule has 24 heavy (non-hydrogen) atoms. The lowest BCUT2D eigenvalue weighted by atomic mass is 9.91. The summed E-state index contributed by atoms with van der Waals surface area (Å²) in [4.78, 5) is 4.90. The molecule has 0 radical (unpaired) electrons. The van der Waals surface area contributed by atoms with Gasteiger partial charge in [0.15, 0.2) is 11.5 Å². The number of ether oxygens (including phenoxy) is 3. The molecule has 2 atom stereocenters. The van der Waals surface area contributed by atoms with Crippen molar-refractivity contribution in [2.24, 2.45) is 11.8 Å². The lowest BCUT2D eigenvalue weighted by Crippen LogP contribution is -2.37. The molecule has 1 saturated heterocycles. The van der Waals surface area contributed by atoms with Gasteiger partial charge in [-0.25, -0.2) is 0 Å². The highest BCUT2D eigenvalue weighted by Crippen LogP contribution is 2.38. The van der Waals surface area contributed by atoms with Crippen molar-refractivity contribution in [2.75, 3.05) is 47.5 Å². The average molecular weight is 334 g/mol. The molecule has 3 rings (SSSR count). The Balaban J connectivity index is 1.78. The van der Waals surface area contributed by atoms with Gasteiger partial charge in [-0.15, -0.1) is 0 Å². The van der Waals surface area contributed by atoms with E-state index >= 15 is 0 Å². The summed E-state index contributed by atoms with van der Waals surface area (Å²) in [5.41, 5.74) is 1.17. The van der Waals surface area contributed by atoms with Crippen molar-refractivity contribution in [1.29, 1.82) is 0 Å². The van der Waals surface area contributed by atoms with Crippen molar-refractivity contribution < 1.29 is 14.2 Å². The Morgan fingerprint density at radius 3 is 2.38 bits per heavy atom. The van der Waals surface area contributed by atoms with Gasteiger partial charge >= 0.3 is 0 Å². The fourth-order valence-electron chi connectivity index (χ4n) is 3.89. The number of nitrogens with zero attached hydrogens (tertiary/aromatic N) is 2. The summed E-state index contributed by atoms with van der Waals surface area (Å²) in [5, 5.41) is 0. The molecular formula is C19H30N2O3. The number of methoxy groups -OCH3 is 1. The molecule has 2 aliphatic rings. The van der Waals surface area contributed by atoms with Crippen molar-refractivity contribution in [3.05, 3.63) is 17.7 Å². The lowest BCUT2D eigenvalue weighted by Gasteiger charge is -2.27. The van der Waals surface area contributed by atoms with Gasteiger partial charge in [0, 0.05) is 37.3 Å². The van der Waals surface area contributed by atoms with Gasteiger partial charge in [-0.3, -0.25) is 4.90 Å². The smallest absolute Gasteiger partial charge is 0.165 e. The monoisotopic (exact) mass is 334 g/mol. The predicted molar refractivity (Wildman–Crippen MR) is 95.1 cm³/mol. The summed E-state index contributed by atoms with van der Waals surface area (Å²) in [5.74, 6) is 3.89. The summed E-state index contributed by atoms with van der Waals surface area (Å²) in [7, 11) is 6.10. The van der Waals surface area contributed by atoms with Crippen LogP contribution < -0.4 is 14.2 Å². The number of rotatable bonds is 5. The maximum absolute atomic E-state index is 5.74. The first-order chi connectivity index (χ1) is 11.5. The van der Waals surface area contributed by atoms with Crippen molar-refractivity contribution >= 4 is 0 Å². The van der Waals surface area contributed by atoms with Gasteiger partial charge in [-0.05, 0) is 32.0 Å². The Hall–Kier alpha value is -1.46. The van der Waals surface area contributed by atoms with Gasteiger partial charge < -0.3 is 19.1 Å². The molecule has 2 unspecified atom stereocenters. The van der Waals surface area contributed by atoms with Crippen LogP contribution in [0.5, 0.6) is 17.2 Å². The second kappa shape index (κ2) is 7.19. The quantitative estimate of drug-likeness (QED) is 0.826. The van der Waals surface area contributed by atoms with Crippen LogP contribution in [0.3, 0.4) is 0 Å². The predicted octanol–water partition coefficient (Wildman–Crippen LogP) is 2.48. The minimum atomic E-state index is 0.599. The maximum Gasteiger partial charge on any atom is 0.165 e. The number of likely N-dealkylation sites (tertiary alicyclic amines) is 1. The number of hydrogen-bond donors (Lipinski definition) is 0. The van der Waals surface area contributed by atoms with Crippen LogP contribution in [0.15, 0.2) is 12.1 Å². The van der Waals surface area contributed by atoms with E-state index in [4.69, 9.17) is 14.2 Å². The zero-order chi connectivity index (χ0) is 17.3. The minimum absolute atomic E-state index is 0.599. The molecule has 0 spiro atoms. The molecule has 1 aromatic rings. The van der Waals surface area contributed by atoms with Gasteiger partial charge in [0.2, 0.25) is 0 Å². The first-order valence-corrected chi connectivity index (χ1v) is 8.85. The summed E-state index contributed by atoms with van der Waals surface area (Å²) >= 11 is 0. The average Bonchev–Trinajstić information content (AvgIpc) is 2.98.